The summed E-state index contributed by atoms with van der Waals surface area (Å²) in [7, 11) is -4.11. The molecule has 5 nitrogen and oxygen atoms in total. The van der Waals surface area contributed by atoms with Crippen molar-refractivity contribution in [2.75, 3.05) is 10.9 Å². The third-order valence-corrected chi connectivity index (χ3v) is 6.97. The Bertz CT molecular complexity index is 1130. The highest BCUT2D eigenvalue weighted by Crippen LogP contribution is 2.27. The van der Waals surface area contributed by atoms with E-state index in [0.717, 1.165) is 21.9 Å². The average molecular weight is 488 g/mol. The molecule has 0 heterocycles. The lowest BCUT2D eigenvalue weighted by atomic mass is 10.1. The van der Waals surface area contributed by atoms with Crippen LogP contribution in [0, 0.1) is 6.92 Å². The number of rotatable bonds is 7. The summed E-state index contributed by atoms with van der Waals surface area (Å²) < 4.78 is 33.8. The molecule has 7 heteroatoms. The summed E-state index contributed by atoms with van der Waals surface area (Å²) in [5.74, 6) is -0.226. The minimum atomic E-state index is -4.11. The number of nitrogens with zero attached hydrogens (tertiary/aromatic N) is 1. The molecule has 0 N–H and O–H groups in total. The van der Waals surface area contributed by atoms with Crippen LogP contribution in [0.3, 0.4) is 0 Å². The van der Waals surface area contributed by atoms with Crippen molar-refractivity contribution in [1.82, 2.24) is 0 Å². The van der Waals surface area contributed by atoms with Crippen molar-refractivity contribution in [3.05, 3.63) is 88.4 Å². The van der Waals surface area contributed by atoms with Gasteiger partial charge in [-0.15, -0.1) is 0 Å². The van der Waals surface area contributed by atoms with Gasteiger partial charge in [-0.25, -0.2) is 8.42 Å². The van der Waals surface area contributed by atoms with Gasteiger partial charge in [0.1, 0.15) is 5.75 Å². The molecule has 0 saturated carbocycles. The van der Waals surface area contributed by atoms with Gasteiger partial charge >= 0.3 is 0 Å². The molecule has 0 fully saturated rings. The number of hydrogen-bond acceptors (Lipinski definition) is 4. The first-order valence-corrected chi connectivity index (χ1v) is 11.7. The van der Waals surface area contributed by atoms with Crippen molar-refractivity contribution in [3.8, 4) is 5.75 Å². The normalized spacial score (nSPS) is 11.2. The van der Waals surface area contributed by atoms with E-state index in [-0.39, 0.29) is 10.6 Å². The Balaban J connectivity index is 1.97. The summed E-state index contributed by atoms with van der Waals surface area (Å²) in [5.41, 5.74) is 2.24. The predicted molar refractivity (Wildman–Crippen MR) is 121 cm³/mol. The van der Waals surface area contributed by atoms with Crippen LogP contribution >= 0.6 is 15.9 Å². The van der Waals surface area contributed by atoms with E-state index in [1.807, 2.05) is 32.0 Å². The zero-order valence-electron chi connectivity index (χ0n) is 16.7. The SMILES string of the molecule is CCc1ccc(N(C(=O)COc2ccccc2Br)S(=O)(=O)c2ccc(C)cc2)cc1. The number of halogens is 1. The summed E-state index contributed by atoms with van der Waals surface area (Å²) in [6.45, 7) is 3.45. The van der Waals surface area contributed by atoms with Gasteiger partial charge in [-0.2, -0.15) is 4.31 Å². The summed E-state index contributed by atoms with van der Waals surface area (Å²) in [6, 6.07) is 20.4. The summed E-state index contributed by atoms with van der Waals surface area (Å²) in [6.07, 6.45) is 0.810. The van der Waals surface area contributed by atoms with Gasteiger partial charge in [0.25, 0.3) is 15.9 Å². The van der Waals surface area contributed by atoms with E-state index in [1.165, 1.54) is 12.1 Å². The van der Waals surface area contributed by atoms with Crippen LogP contribution in [-0.4, -0.2) is 20.9 Å². The third-order valence-electron chi connectivity index (χ3n) is 4.55. The highest BCUT2D eigenvalue weighted by molar-refractivity contribution is 9.10. The molecule has 3 rings (SSSR count). The lowest BCUT2D eigenvalue weighted by Crippen LogP contribution is -2.40. The Labute approximate surface area is 185 Å². The number of sulfonamides is 1. The molecule has 0 aromatic heterocycles. The number of ether oxygens (including phenoxy) is 1. The fourth-order valence-electron chi connectivity index (χ4n) is 2.86. The second kappa shape index (κ2) is 9.45. The van der Waals surface area contributed by atoms with Gasteiger partial charge in [0.05, 0.1) is 15.1 Å². The molecule has 0 unspecified atom stereocenters. The highest BCUT2D eigenvalue weighted by Gasteiger charge is 2.31. The monoisotopic (exact) mass is 487 g/mol. The molecule has 0 radical (unpaired) electrons. The van der Waals surface area contributed by atoms with E-state index >= 15 is 0 Å². The first kappa shape index (κ1) is 22.1. The lowest BCUT2D eigenvalue weighted by Gasteiger charge is -2.23. The molecular formula is C23H22BrNO4S. The minimum absolute atomic E-state index is 0.0434. The molecule has 156 valence electrons. The van der Waals surface area contributed by atoms with E-state index in [9.17, 15) is 13.2 Å². The van der Waals surface area contributed by atoms with Gasteiger partial charge < -0.3 is 4.74 Å². The molecule has 0 aliphatic carbocycles. The van der Waals surface area contributed by atoms with Gasteiger partial charge in [0.15, 0.2) is 6.61 Å². The maximum atomic E-state index is 13.4. The molecule has 0 aliphatic rings. The van der Waals surface area contributed by atoms with Gasteiger partial charge in [-0.1, -0.05) is 48.9 Å². The van der Waals surface area contributed by atoms with Crippen molar-refractivity contribution in [2.24, 2.45) is 0 Å². The number of aryl methyl sites for hydroxylation is 2. The third kappa shape index (κ3) is 4.91. The number of para-hydroxylation sites is 1. The van der Waals surface area contributed by atoms with Crippen molar-refractivity contribution in [1.29, 1.82) is 0 Å². The molecule has 0 saturated heterocycles. The van der Waals surface area contributed by atoms with E-state index in [0.29, 0.717) is 10.2 Å². The molecule has 0 aliphatic heterocycles. The number of hydrogen-bond donors (Lipinski definition) is 0. The van der Waals surface area contributed by atoms with Crippen LogP contribution in [-0.2, 0) is 21.2 Å². The summed E-state index contributed by atoms with van der Waals surface area (Å²) in [5, 5.41) is 0. The van der Waals surface area contributed by atoms with E-state index < -0.39 is 22.5 Å². The molecule has 30 heavy (non-hydrogen) atoms. The van der Waals surface area contributed by atoms with Crippen LogP contribution in [0.1, 0.15) is 18.1 Å². The molecule has 1 amide bonds. The van der Waals surface area contributed by atoms with Gasteiger partial charge in [0, 0.05) is 0 Å². The maximum Gasteiger partial charge on any atom is 0.278 e. The zero-order chi connectivity index (χ0) is 21.7. The second-order valence-corrected chi connectivity index (χ2v) is 9.36. The molecule has 3 aromatic rings. The topological polar surface area (TPSA) is 63.7 Å². The zero-order valence-corrected chi connectivity index (χ0v) is 19.1. The van der Waals surface area contributed by atoms with Gasteiger partial charge in [-0.3, -0.25) is 4.79 Å². The second-order valence-electron chi connectivity index (χ2n) is 6.72. The van der Waals surface area contributed by atoms with Crippen molar-refractivity contribution in [2.45, 2.75) is 25.2 Å². The quantitative estimate of drug-likeness (QED) is 0.463. The average Bonchev–Trinajstić information content (AvgIpc) is 2.74. The number of carbonyl (C=O) groups excluding carboxylic acids is 1. The van der Waals surface area contributed by atoms with Crippen LogP contribution in [0.2, 0.25) is 0 Å². The van der Waals surface area contributed by atoms with E-state index in [2.05, 4.69) is 15.9 Å². The first-order chi connectivity index (χ1) is 14.3. The summed E-state index contributed by atoms with van der Waals surface area (Å²) >= 11 is 3.36. The van der Waals surface area contributed by atoms with Gasteiger partial charge in [-0.05, 0) is 71.2 Å². The van der Waals surface area contributed by atoms with Crippen LogP contribution in [0.15, 0.2) is 82.2 Å². The predicted octanol–water partition coefficient (Wildman–Crippen LogP) is 5.12. The Kier molecular flexibility index (Phi) is 6.95. The Morgan fingerprint density at radius 2 is 1.60 bits per heavy atom. The minimum Gasteiger partial charge on any atom is -0.483 e. The Hall–Kier alpha value is -2.64. The highest BCUT2D eigenvalue weighted by atomic mass is 79.9. The van der Waals surface area contributed by atoms with Crippen LogP contribution in [0.25, 0.3) is 0 Å². The first-order valence-electron chi connectivity index (χ1n) is 9.44. The Morgan fingerprint density at radius 1 is 0.967 bits per heavy atom. The van der Waals surface area contributed by atoms with Crippen molar-refractivity contribution >= 4 is 37.5 Å². The lowest BCUT2D eigenvalue weighted by molar-refractivity contribution is -0.119. The fourth-order valence-corrected chi connectivity index (χ4v) is 4.67. The number of benzene rings is 3. The molecule has 0 bridgehead atoms. The molecule has 3 aromatic carbocycles. The standard InChI is InChI=1S/C23H22BrNO4S/c1-3-18-10-12-19(13-11-18)25(30(27,28)20-14-8-17(2)9-15-20)23(26)16-29-22-7-5-4-6-21(22)24/h4-15H,3,16H2,1-2H3. The largest absolute Gasteiger partial charge is 0.483 e. The summed E-state index contributed by atoms with van der Waals surface area (Å²) in [4.78, 5) is 13.1. The van der Waals surface area contributed by atoms with E-state index in [4.69, 9.17) is 4.74 Å². The molecular weight excluding hydrogens is 466 g/mol. The van der Waals surface area contributed by atoms with Crippen LogP contribution in [0.5, 0.6) is 5.75 Å². The van der Waals surface area contributed by atoms with Crippen molar-refractivity contribution in [3.63, 3.8) is 0 Å². The number of anilines is 1. The smallest absolute Gasteiger partial charge is 0.278 e. The fraction of sp³-hybridized carbons (Fsp3) is 0.174. The molecule has 0 spiro atoms. The Morgan fingerprint density at radius 3 is 2.20 bits per heavy atom. The van der Waals surface area contributed by atoms with Crippen molar-refractivity contribution < 1.29 is 17.9 Å². The van der Waals surface area contributed by atoms with Crippen LogP contribution < -0.4 is 9.04 Å². The maximum absolute atomic E-state index is 13.4. The number of carbonyl (C=O) groups is 1. The number of amides is 1. The van der Waals surface area contributed by atoms with Gasteiger partial charge in [0.2, 0.25) is 0 Å². The van der Waals surface area contributed by atoms with E-state index in [1.54, 1.807) is 42.5 Å². The van der Waals surface area contributed by atoms with Crippen LogP contribution in [0.4, 0.5) is 5.69 Å². The molecule has 0 atom stereocenters.